The molecule has 0 aromatic carbocycles. The second-order valence-electron chi connectivity index (χ2n) is 2.80. The average Bonchev–Trinajstić information content (AvgIpc) is 1.99. The van der Waals surface area contributed by atoms with E-state index in [2.05, 4.69) is 4.84 Å². The van der Waals surface area contributed by atoms with Crippen LogP contribution in [0.3, 0.4) is 0 Å². The van der Waals surface area contributed by atoms with Crippen LogP contribution in [0.1, 0.15) is 6.42 Å². The summed E-state index contributed by atoms with van der Waals surface area (Å²) in [5.41, 5.74) is 0. The van der Waals surface area contributed by atoms with Crippen molar-refractivity contribution in [3.05, 3.63) is 0 Å². The van der Waals surface area contributed by atoms with Crippen molar-refractivity contribution in [2.45, 2.75) is 12.5 Å². The number of nitrogens with zero attached hydrogens (tertiary/aromatic N) is 2. The molecule has 0 bridgehead atoms. The van der Waals surface area contributed by atoms with E-state index in [4.69, 9.17) is 5.11 Å². The molecule has 2 amide bonds. The summed E-state index contributed by atoms with van der Waals surface area (Å²) >= 11 is 0. The number of likely N-dealkylation sites (N-methyl/N-ethyl adjacent to an activating group) is 1. The molecule has 13 heavy (non-hydrogen) atoms. The van der Waals surface area contributed by atoms with Gasteiger partial charge in [-0.15, -0.1) is 0 Å². The Labute approximate surface area is 75.6 Å². The molecule has 1 heterocycles. The van der Waals surface area contributed by atoms with Crippen LogP contribution in [0.5, 0.6) is 0 Å². The normalized spacial score (nSPS) is 20.8. The molecule has 1 aliphatic rings. The molecule has 1 fully saturated rings. The maximum atomic E-state index is 11.4. The van der Waals surface area contributed by atoms with Crippen LogP contribution >= 0.6 is 0 Å². The molecule has 6 nitrogen and oxygen atoms in total. The van der Waals surface area contributed by atoms with E-state index in [1.165, 1.54) is 14.2 Å². The van der Waals surface area contributed by atoms with Gasteiger partial charge in [-0.2, -0.15) is 0 Å². The fourth-order valence-corrected chi connectivity index (χ4v) is 1.17. The van der Waals surface area contributed by atoms with Crippen LogP contribution in [-0.2, 0) is 9.63 Å². The molecule has 1 atom stereocenters. The topological polar surface area (TPSA) is 70.1 Å². The molecule has 6 heteroatoms. The molecule has 0 radical (unpaired) electrons. The molecule has 0 aromatic rings. The molecule has 1 N–H and O–H groups in total. The zero-order chi connectivity index (χ0) is 10.0. The molecule has 1 rings (SSSR count). The van der Waals surface area contributed by atoms with Gasteiger partial charge >= 0.3 is 6.09 Å². The van der Waals surface area contributed by atoms with E-state index in [-0.39, 0.29) is 5.91 Å². The first-order valence-corrected chi connectivity index (χ1v) is 3.89. The van der Waals surface area contributed by atoms with Crippen LogP contribution in [0.15, 0.2) is 0 Å². The first-order chi connectivity index (χ1) is 6.07. The van der Waals surface area contributed by atoms with Crippen molar-refractivity contribution >= 4 is 12.0 Å². The molecular formula is C7H12N2O4. The van der Waals surface area contributed by atoms with Crippen LogP contribution < -0.4 is 0 Å². The average molecular weight is 188 g/mol. The van der Waals surface area contributed by atoms with E-state index in [9.17, 15) is 9.59 Å². The maximum absolute atomic E-state index is 11.4. The third-order valence-electron chi connectivity index (χ3n) is 2.13. The van der Waals surface area contributed by atoms with E-state index in [1.54, 1.807) is 0 Å². The van der Waals surface area contributed by atoms with Crippen LogP contribution in [0, 0.1) is 0 Å². The van der Waals surface area contributed by atoms with Crippen molar-refractivity contribution in [3.8, 4) is 0 Å². The molecule has 1 aliphatic heterocycles. The first-order valence-electron chi connectivity index (χ1n) is 3.89. The van der Waals surface area contributed by atoms with Crippen LogP contribution in [0.2, 0.25) is 0 Å². The maximum Gasteiger partial charge on any atom is 0.407 e. The number of rotatable bonds is 2. The van der Waals surface area contributed by atoms with Gasteiger partial charge in [-0.1, -0.05) is 0 Å². The van der Waals surface area contributed by atoms with E-state index < -0.39 is 12.1 Å². The third kappa shape index (κ3) is 1.72. The highest BCUT2D eigenvalue weighted by atomic mass is 16.7. The van der Waals surface area contributed by atoms with Gasteiger partial charge in [-0.25, -0.2) is 9.86 Å². The number of hydrogen-bond acceptors (Lipinski definition) is 3. The van der Waals surface area contributed by atoms with Gasteiger partial charge in [0.15, 0.2) is 0 Å². The van der Waals surface area contributed by atoms with E-state index in [0.29, 0.717) is 13.0 Å². The van der Waals surface area contributed by atoms with Crippen molar-refractivity contribution in [3.63, 3.8) is 0 Å². The van der Waals surface area contributed by atoms with Gasteiger partial charge in [0.25, 0.3) is 5.91 Å². The van der Waals surface area contributed by atoms with E-state index in [0.717, 1.165) is 9.96 Å². The Kier molecular flexibility index (Phi) is 2.72. The van der Waals surface area contributed by atoms with Crippen molar-refractivity contribution in [1.29, 1.82) is 0 Å². The summed E-state index contributed by atoms with van der Waals surface area (Å²) in [7, 11) is 2.82. The predicted molar refractivity (Wildman–Crippen MR) is 42.9 cm³/mol. The summed E-state index contributed by atoms with van der Waals surface area (Å²) in [6.07, 6.45) is -0.493. The number of carboxylic acid groups (broad SMARTS) is 1. The van der Waals surface area contributed by atoms with Crippen LogP contribution in [0.25, 0.3) is 0 Å². The predicted octanol–water partition coefficient (Wildman–Crippen LogP) is -0.242. The van der Waals surface area contributed by atoms with Gasteiger partial charge in [0.05, 0.1) is 7.11 Å². The van der Waals surface area contributed by atoms with Crippen molar-refractivity contribution < 1.29 is 19.5 Å². The minimum absolute atomic E-state index is 0.323. The smallest absolute Gasteiger partial charge is 0.407 e. The van der Waals surface area contributed by atoms with Gasteiger partial charge < -0.3 is 5.11 Å². The number of hydrogen-bond donors (Lipinski definition) is 1. The summed E-state index contributed by atoms with van der Waals surface area (Å²) in [5.74, 6) is -0.323. The minimum Gasteiger partial charge on any atom is -0.465 e. The minimum atomic E-state index is -1.06. The van der Waals surface area contributed by atoms with Gasteiger partial charge in [0.1, 0.15) is 6.04 Å². The van der Waals surface area contributed by atoms with E-state index in [1.807, 2.05) is 0 Å². The van der Waals surface area contributed by atoms with Crippen molar-refractivity contribution in [1.82, 2.24) is 9.96 Å². The summed E-state index contributed by atoms with van der Waals surface area (Å²) in [6.45, 7) is 0.420. The Morgan fingerprint density at radius 3 is 2.54 bits per heavy atom. The first kappa shape index (κ1) is 9.79. The molecule has 0 aliphatic carbocycles. The van der Waals surface area contributed by atoms with Gasteiger partial charge in [-0.3, -0.25) is 14.5 Å². The number of carbonyl (C=O) groups is 2. The highest BCUT2D eigenvalue weighted by molar-refractivity contribution is 5.85. The molecule has 74 valence electrons. The summed E-state index contributed by atoms with van der Waals surface area (Å²) < 4.78 is 0. The quantitative estimate of drug-likeness (QED) is 0.607. The van der Waals surface area contributed by atoms with Crippen molar-refractivity contribution in [2.24, 2.45) is 0 Å². The highest BCUT2D eigenvalue weighted by Crippen LogP contribution is 2.18. The lowest BCUT2D eigenvalue weighted by molar-refractivity contribution is -0.177. The fraction of sp³-hybridized carbons (Fsp3) is 0.714. The molecule has 0 saturated carbocycles. The van der Waals surface area contributed by atoms with E-state index >= 15 is 0 Å². The van der Waals surface area contributed by atoms with Gasteiger partial charge in [0, 0.05) is 13.6 Å². The third-order valence-corrected chi connectivity index (χ3v) is 2.13. The van der Waals surface area contributed by atoms with Crippen LogP contribution in [0.4, 0.5) is 4.79 Å². The zero-order valence-electron chi connectivity index (χ0n) is 7.56. The number of likely N-dealkylation sites (tertiary alicyclic amines) is 1. The molecule has 1 unspecified atom stereocenters. The fourth-order valence-electron chi connectivity index (χ4n) is 1.17. The standard InChI is InChI=1S/C7H12N2O4/c1-8(13-2)6(10)5-3-4-9(5)7(11)12/h5H,3-4H2,1-2H3,(H,11,12). The monoisotopic (exact) mass is 188 g/mol. The molecule has 0 spiro atoms. The molecular weight excluding hydrogens is 176 g/mol. The Bertz CT molecular complexity index is 231. The second kappa shape index (κ2) is 3.61. The number of hydroxylamine groups is 2. The summed E-state index contributed by atoms with van der Waals surface area (Å²) in [5, 5.41) is 9.66. The Morgan fingerprint density at radius 2 is 2.23 bits per heavy atom. The zero-order valence-corrected chi connectivity index (χ0v) is 7.56. The number of carbonyl (C=O) groups excluding carboxylic acids is 1. The lowest BCUT2D eigenvalue weighted by Gasteiger charge is -2.38. The Balaban J connectivity index is 2.53. The Morgan fingerprint density at radius 1 is 1.62 bits per heavy atom. The summed E-state index contributed by atoms with van der Waals surface area (Å²) in [4.78, 5) is 27.6. The SMILES string of the molecule is CON(C)C(=O)C1CCN1C(=O)O. The Hall–Kier alpha value is -1.30. The van der Waals surface area contributed by atoms with Crippen molar-refractivity contribution in [2.75, 3.05) is 20.7 Å². The lowest BCUT2D eigenvalue weighted by Crippen LogP contribution is -2.57. The second-order valence-corrected chi connectivity index (χ2v) is 2.80. The van der Waals surface area contributed by atoms with Gasteiger partial charge in [-0.05, 0) is 6.42 Å². The largest absolute Gasteiger partial charge is 0.465 e. The molecule has 1 saturated heterocycles. The van der Waals surface area contributed by atoms with Gasteiger partial charge in [0.2, 0.25) is 0 Å². The highest BCUT2D eigenvalue weighted by Gasteiger charge is 2.39. The molecule has 0 aromatic heterocycles. The summed E-state index contributed by atoms with van der Waals surface area (Å²) in [6, 6.07) is -0.567. The lowest BCUT2D eigenvalue weighted by atomic mass is 10.0. The number of amides is 2. The van der Waals surface area contributed by atoms with Crippen LogP contribution in [-0.4, -0.2) is 53.8 Å².